The topological polar surface area (TPSA) is 9.23 Å². The van der Waals surface area contributed by atoms with Gasteiger partial charge in [0.25, 0.3) is 0 Å². The first-order valence-corrected chi connectivity index (χ1v) is 4.80. The van der Waals surface area contributed by atoms with Gasteiger partial charge in [-0.05, 0) is 24.6 Å². The fraction of sp³-hybridized carbons (Fsp3) is 0.400. The minimum Gasteiger partial charge on any atom is -0.492 e. The average Bonchev–Trinajstić information content (AvgIpc) is 2.09. The van der Waals surface area contributed by atoms with Crippen molar-refractivity contribution in [3.63, 3.8) is 0 Å². The smallest absolute Gasteiger partial charge is 0.132 e. The molecule has 0 amide bonds. The highest BCUT2D eigenvalue weighted by Crippen LogP contribution is 2.23. The summed E-state index contributed by atoms with van der Waals surface area (Å²) in [5, 5.41) is 0. The van der Waals surface area contributed by atoms with Crippen molar-refractivity contribution in [2.75, 3.05) is 6.61 Å². The van der Waals surface area contributed by atoms with Crippen molar-refractivity contribution in [2.45, 2.75) is 24.7 Å². The van der Waals surface area contributed by atoms with E-state index >= 15 is 0 Å². The van der Waals surface area contributed by atoms with Gasteiger partial charge in [0.1, 0.15) is 11.6 Å². The summed E-state index contributed by atoms with van der Waals surface area (Å²) >= 11 is 4.10. The number of thiol groups is 1. The summed E-state index contributed by atoms with van der Waals surface area (Å²) in [5.41, 5.74) is 0. The number of rotatable bonds is 4. The number of ether oxygens (including phenoxy) is 1. The first-order valence-electron chi connectivity index (χ1n) is 4.35. The molecule has 0 bridgehead atoms. The minimum atomic E-state index is -0.284. The molecule has 1 rings (SSSR count). The lowest BCUT2D eigenvalue weighted by Crippen LogP contribution is -1.97. The van der Waals surface area contributed by atoms with E-state index in [0.717, 1.165) is 12.8 Å². The Balaban J connectivity index is 2.56. The SMILES string of the molecule is CCCCOc1ccc(F)cc1S. The van der Waals surface area contributed by atoms with E-state index in [1.54, 1.807) is 6.07 Å². The number of halogens is 1. The van der Waals surface area contributed by atoms with E-state index in [4.69, 9.17) is 4.74 Å². The molecule has 3 heteroatoms. The molecule has 13 heavy (non-hydrogen) atoms. The van der Waals surface area contributed by atoms with Gasteiger partial charge >= 0.3 is 0 Å². The predicted octanol–water partition coefficient (Wildman–Crippen LogP) is 3.29. The molecule has 0 aromatic heterocycles. The molecule has 0 aliphatic carbocycles. The lowest BCUT2D eigenvalue weighted by molar-refractivity contribution is 0.302. The van der Waals surface area contributed by atoms with E-state index in [2.05, 4.69) is 19.6 Å². The zero-order valence-electron chi connectivity index (χ0n) is 7.59. The van der Waals surface area contributed by atoms with Crippen LogP contribution in [0.1, 0.15) is 19.8 Å². The molecule has 72 valence electrons. The van der Waals surface area contributed by atoms with Crippen molar-refractivity contribution in [1.29, 1.82) is 0 Å². The summed E-state index contributed by atoms with van der Waals surface area (Å²) < 4.78 is 18.0. The van der Waals surface area contributed by atoms with Crippen LogP contribution in [0.2, 0.25) is 0 Å². The van der Waals surface area contributed by atoms with Gasteiger partial charge in [-0.3, -0.25) is 0 Å². The van der Waals surface area contributed by atoms with E-state index in [-0.39, 0.29) is 5.82 Å². The molecule has 1 aromatic rings. The number of benzene rings is 1. The van der Waals surface area contributed by atoms with Gasteiger partial charge in [0.2, 0.25) is 0 Å². The highest BCUT2D eigenvalue weighted by atomic mass is 32.1. The van der Waals surface area contributed by atoms with Crippen molar-refractivity contribution < 1.29 is 9.13 Å². The van der Waals surface area contributed by atoms with E-state index in [1.165, 1.54) is 12.1 Å². The maximum atomic E-state index is 12.6. The molecule has 0 atom stereocenters. The second-order valence-corrected chi connectivity index (χ2v) is 3.30. The number of hydrogen-bond donors (Lipinski definition) is 1. The van der Waals surface area contributed by atoms with Crippen LogP contribution in [0.15, 0.2) is 23.1 Å². The minimum absolute atomic E-state index is 0.284. The Kier molecular flexibility index (Phi) is 4.09. The highest BCUT2D eigenvalue weighted by Gasteiger charge is 2.00. The molecule has 0 aliphatic rings. The monoisotopic (exact) mass is 200 g/mol. The maximum absolute atomic E-state index is 12.6. The summed E-state index contributed by atoms with van der Waals surface area (Å²) in [6.45, 7) is 2.76. The van der Waals surface area contributed by atoms with Gasteiger partial charge in [-0.25, -0.2) is 4.39 Å². The van der Waals surface area contributed by atoms with Crippen LogP contribution in [0.3, 0.4) is 0 Å². The van der Waals surface area contributed by atoms with Gasteiger partial charge in [-0.15, -0.1) is 12.6 Å². The van der Waals surface area contributed by atoms with E-state index in [0.29, 0.717) is 17.3 Å². The Morgan fingerprint density at radius 1 is 1.46 bits per heavy atom. The van der Waals surface area contributed by atoms with Crippen molar-refractivity contribution in [2.24, 2.45) is 0 Å². The van der Waals surface area contributed by atoms with E-state index in [1.807, 2.05) is 0 Å². The third-order valence-corrected chi connectivity index (χ3v) is 2.03. The Morgan fingerprint density at radius 3 is 2.85 bits per heavy atom. The molecule has 1 aromatic carbocycles. The summed E-state index contributed by atoms with van der Waals surface area (Å²) in [6.07, 6.45) is 2.09. The van der Waals surface area contributed by atoms with Gasteiger partial charge in [0, 0.05) is 4.90 Å². The molecule has 0 N–H and O–H groups in total. The van der Waals surface area contributed by atoms with Crippen LogP contribution < -0.4 is 4.74 Å². The normalized spacial score (nSPS) is 10.1. The first kappa shape index (κ1) is 10.4. The van der Waals surface area contributed by atoms with Gasteiger partial charge in [0.05, 0.1) is 6.61 Å². The van der Waals surface area contributed by atoms with Crippen LogP contribution >= 0.6 is 12.6 Å². The van der Waals surface area contributed by atoms with E-state index < -0.39 is 0 Å². The predicted molar refractivity (Wildman–Crippen MR) is 54.1 cm³/mol. The van der Waals surface area contributed by atoms with Crippen LogP contribution in [0.4, 0.5) is 4.39 Å². The molecule has 0 aliphatic heterocycles. The average molecular weight is 200 g/mol. The summed E-state index contributed by atoms with van der Waals surface area (Å²) in [6, 6.07) is 4.33. The van der Waals surface area contributed by atoms with Gasteiger partial charge in [-0.2, -0.15) is 0 Å². The molecule has 0 saturated heterocycles. The molecule has 0 fully saturated rings. The summed E-state index contributed by atoms with van der Waals surface area (Å²) in [4.78, 5) is 0.552. The third-order valence-electron chi connectivity index (χ3n) is 1.68. The van der Waals surface area contributed by atoms with Crippen LogP contribution in [0, 0.1) is 5.82 Å². The highest BCUT2D eigenvalue weighted by molar-refractivity contribution is 7.80. The molecule has 0 saturated carbocycles. The Bertz CT molecular complexity index is 276. The lowest BCUT2D eigenvalue weighted by atomic mass is 10.3. The zero-order valence-corrected chi connectivity index (χ0v) is 8.48. The third kappa shape index (κ3) is 3.27. The fourth-order valence-corrected chi connectivity index (χ4v) is 1.20. The van der Waals surface area contributed by atoms with Crippen LogP contribution in [0.5, 0.6) is 5.75 Å². The number of unbranched alkanes of at least 4 members (excludes halogenated alkanes) is 1. The van der Waals surface area contributed by atoms with Crippen molar-refractivity contribution in [1.82, 2.24) is 0 Å². The number of hydrogen-bond acceptors (Lipinski definition) is 2. The molecular weight excluding hydrogens is 187 g/mol. The fourth-order valence-electron chi connectivity index (χ4n) is 0.939. The molecular formula is C10H13FOS. The standard InChI is InChI=1S/C10H13FOS/c1-2-3-6-12-9-5-4-8(11)7-10(9)13/h4-5,7,13H,2-3,6H2,1H3. The Morgan fingerprint density at radius 2 is 2.23 bits per heavy atom. The first-order chi connectivity index (χ1) is 6.24. The molecule has 0 spiro atoms. The van der Waals surface area contributed by atoms with Crippen molar-refractivity contribution >= 4 is 12.6 Å². The maximum Gasteiger partial charge on any atom is 0.132 e. The largest absolute Gasteiger partial charge is 0.492 e. The van der Waals surface area contributed by atoms with E-state index in [9.17, 15) is 4.39 Å². The summed E-state index contributed by atoms with van der Waals surface area (Å²) in [7, 11) is 0. The van der Waals surface area contributed by atoms with Gasteiger partial charge in [-0.1, -0.05) is 13.3 Å². The van der Waals surface area contributed by atoms with Crippen LogP contribution in [-0.2, 0) is 0 Å². The van der Waals surface area contributed by atoms with Gasteiger partial charge < -0.3 is 4.74 Å². The Labute approximate surface area is 83.3 Å². The molecule has 0 unspecified atom stereocenters. The van der Waals surface area contributed by atoms with Crippen LogP contribution in [-0.4, -0.2) is 6.61 Å². The van der Waals surface area contributed by atoms with Gasteiger partial charge in [0.15, 0.2) is 0 Å². The van der Waals surface area contributed by atoms with Crippen LogP contribution in [0.25, 0.3) is 0 Å². The molecule has 0 radical (unpaired) electrons. The molecule has 0 heterocycles. The second kappa shape index (κ2) is 5.12. The van der Waals surface area contributed by atoms with Crippen molar-refractivity contribution in [3.8, 4) is 5.75 Å². The summed E-state index contributed by atoms with van der Waals surface area (Å²) in [5.74, 6) is 0.367. The zero-order chi connectivity index (χ0) is 9.68. The Hall–Kier alpha value is -0.700. The van der Waals surface area contributed by atoms with Crippen molar-refractivity contribution in [3.05, 3.63) is 24.0 Å². The lowest BCUT2D eigenvalue weighted by Gasteiger charge is -2.07. The quantitative estimate of drug-likeness (QED) is 0.579. The second-order valence-electron chi connectivity index (χ2n) is 2.81. The molecule has 1 nitrogen and oxygen atoms in total.